The molecule has 1 nitrogen and oxygen atoms in total. The van der Waals surface area contributed by atoms with Gasteiger partial charge in [0, 0.05) is 12.4 Å². The van der Waals surface area contributed by atoms with Gasteiger partial charge in [-0.3, -0.25) is 4.99 Å². The second-order valence-corrected chi connectivity index (χ2v) is 10.1. The Bertz CT molecular complexity index is 447. The van der Waals surface area contributed by atoms with Crippen LogP contribution >= 0.6 is 20.0 Å². The largest absolute Gasteiger partial charge is 0.289 e. The zero-order valence-electron chi connectivity index (χ0n) is 19.4. The van der Waals surface area contributed by atoms with Crippen LogP contribution in [0.1, 0.15) is 93.4 Å². The van der Waals surface area contributed by atoms with Crippen molar-refractivity contribution in [2.45, 2.75) is 99.5 Å². The van der Waals surface area contributed by atoms with Gasteiger partial charge < -0.3 is 0 Å². The van der Waals surface area contributed by atoms with Crippen molar-refractivity contribution in [2.24, 2.45) is 22.7 Å². The first-order chi connectivity index (χ1) is 13.0. The van der Waals surface area contributed by atoms with E-state index in [0.29, 0.717) is 6.04 Å². The number of nitrogens with zero attached hydrogens (tertiary/aromatic N) is 1. The van der Waals surface area contributed by atoms with Crippen LogP contribution in [0.2, 0.25) is 0 Å². The Labute approximate surface area is 177 Å². The molecule has 1 saturated carbocycles. The maximum absolute atomic E-state index is 4.24. The second kappa shape index (κ2) is 16.8. The van der Waals surface area contributed by atoms with Gasteiger partial charge in [-0.05, 0) is 80.2 Å². The highest BCUT2D eigenvalue weighted by Crippen LogP contribution is 2.44. The molecule has 0 aromatic rings. The summed E-state index contributed by atoms with van der Waals surface area (Å²) in [5.74, 6) is 3.12. The van der Waals surface area contributed by atoms with E-state index in [9.17, 15) is 0 Å². The van der Waals surface area contributed by atoms with Crippen molar-refractivity contribution >= 4 is 31.5 Å². The molecule has 0 N–H and O–H groups in total. The summed E-state index contributed by atoms with van der Waals surface area (Å²) in [6.07, 6.45) is 17.8. The van der Waals surface area contributed by atoms with Crippen LogP contribution in [0.15, 0.2) is 16.0 Å². The molecule has 1 heterocycles. The molecule has 158 valence electrons. The number of thioether (sulfide) groups is 1. The van der Waals surface area contributed by atoms with Crippen LogP contribution in [0.4, 0.5) is 0 Å². The number of allylic oxidation sites excluding steroid dienone is 2. The van der Waals surface area contributed by atoms with Crippen LogP contribution in [-0.4, -0.2) is 30.0 Å². The van der Waals surface area contributed by atoms with E-state index in [-0.39, 0.29) is 0 Å². The molecule has 0 bridgehead atoms. The first-order valence-electron chi connectivity index (χ1n) is 11.3. The third kappa shape index (κ3) is 13.7. The van der Waals surface area contributed by atoms with Crippen LogP contribution in [0.5, 0.6) is 0 Å². The molecule has 0 spiro atoms. The van der Waals surface area contributed by atoms with Crippen molar-refractivity contribution in [1.82, 2.24) is 0 Å². The number of hydrogen-bond acceptors (Lipinski definition) is 2. The topological polar surface area (TPSA) is 12.4 Å². The Hall–Kier alpha value is -0.0700. The summed E-state index contributed by atoms with van der Waals surface area (Å²) in [7, 11) is 1.46. The third-order valence-electron chi connectivity index (χ3n) is 5.48. The maximum Gasteiger partial charge on any atom is 0.0547 e. The van der Waals surface area contributed by atoms with E-state index in [2.05, 4.69) is 51.9 Å². The van der Waals surface area contributed by atoms with E-state index in [0.717, 1.165) is 17.8 Å². The van der Waals surface area contributed by atoms with Crippen molar-refractivity contribution < 1.29 is 0 Å². The Morgan fingerprint density at radius 1 is 1.15 bits per heavy atom. The lowest BCUT2D eigenvalue weighted by Crippen LogP contribution is -2.07. The SMILES string of the molecule is CC.CC1=PCC(C)N=C1.CCC(C)CC.CSC1=CCC(C2CC2)CC1. The number of aliphatic imine (C=N–C) groups is 1. The van der Waals surface area contributed by atoms with Gasteiger partial charge in [0.15, 0.2) is 0 Å². The fourth-order valence-corrected chi connectivity index (χ4v) is 4.28. The molecule has 0 saturated heterocycles. The maximum atomic E-state index is 4.24. The lowest BCUT2D eigenvalue weighted by Gasteiger charge is -2.20. The van der Waals surface area contributed by atoms with E-state index >= 15 is 0 Å². The molecule has 2 atom stereocenters. The van der Waals surface area contributed by atoms with E-state index in [4.69, 9.17) is 0 Å². The zero-order valence-corrected chi connectivity index (χ0v) is 21.1. The van der Waals surface area contributed by atoms with Crippen LogP contribution in [0.3, 0.4) is 0 Å². The normalized spacial score (nSPS) is 24.2. The minimum Gasteiger partial charge on any atom is -0.289 e. The van der Waals surface area contributed by atoms with Gasteiger partial charge in [0.2, 0.25) is 0 Å². The summed E-state index contributed by atoms with van der Waals surface area (Å²) in [6.45, 7) is 15.0. The van der Waals surface area contributed by atoms with E-state index in [1.165, 1.54) is 64.6 Å². The molecule has 0 amide bonds. The summed E-state index contributed by atoms with van der Waals surface area (Å²) in [5.41, 5.74) is 0. The van der Waals surface area contributed by atoms with Gasteiger partial charge in [-0.1, -0.05) is 61.7 Å². The van der Waals surface area contributed by atoms with Crippen molar-refractivity contribution in [3.8, 4) is 0 Å². The van der Waals surface area contributed by atoms with Crippen LogP contribution in [0, 0.1) is 17.8 Å². The molecule has 27 heavy (non-hydrogen) atoms. The predicted molar refractivity (Wildman–Crippen MR) is 133 cm³/mol. The van der Waals surface area contributed by atoms with Gasteiger partial charge in [0.05, 0.1) is 6.04 Å². The highest BCUT2D eigenvalue weighted by atomic mass is 32.2. The molecule has 1 fully saturated rings. The molecule has 0 radical (unpaired) electrons. The Kier molecular flexibility index (Phi) is 16.8. The Morgan fingerprint density at radius 2 is 1.78 bits per heavy atom. The molecule has 2 aliphatic carbocycles. The average Bonchev–Trinajstić information content (AvgIpc) is 3.57. The molecule has 1 aliphatic heterocycles. The first kappa shape index (κ1) is 26.9. The monoisotopic (exact) mass is 411 g/mol. The Balaban J connectivity index is 0.000000377. The summed E-state index contributed by atoms with van der Waals surface area (Å²) >= 11 is 1.94. The molecule has 3 rings (SSSR count). The molecular weight excluding hydrogens is 365 g/mol. The highest BCUT2D eigenvalue weighted by molar-refractivity contribution is 8.02. The quantitative estimate of drug-likeness (QED) is 0.422. The molecule has 3 aliphatic rings. The van der Waals surface area contributed by atoms with Gasteiger partial charge in [0.25, 0.3) is 0 Å². The summed E-state index contributed by atoms with van der Waals surface area (Å²) < 4.78 is 0. The summed E-state index contributed by atoms with van der Waals surface area (Å²) in [6, 6.07) is 0.556. The summed E-state index contributed by atoms with van der Waals surface area (Å²) in [5, 5.41) is 1.39. The molecular formula is C24H46NPS. The van der Waals surface area contributed by atoms with Crippen molar-refractivity contribution in [3.63, 3.8) is 0 Å². The lowest BCUT2D eigenvalue weighted by molar-refractivity contribution is 0.422. The van der Waals surface area contributed by atoms with Gasteiger partial charge in [-0.15, -0.1) is 11.8 Å². The van der Waals surface area contributed by atoms with Gasteiger partial charge in [-0.2, -0.15) is 0 Å². The summed E-state index contributed by atoms with van der Waals surface area (Å²) in [4.78, 5) is 5.87. The van der Waals surface area contributed by atoms with E-state index in [1.54, 1.807) is 4.91 Å². The van der Waals surface area contributed by atoms with E-state index in [1.807, 2.05) is 31.8 Å². The highest BCUT2D eigenvalue weighted by Gasteiger charge is 2.31. The molecule has 2 unspecified atom stereocenters. The van der Waals surface area contributed by atoms with Crippen LogP contribution < -0.4 is 0 Å². The number of hydrogen-bond donors (Lipinski definition) is 0. The predicted octanol–water partition coefficient (Wildman–Crippen LogP) is 8.51. The average molecular weight is 412 g/mol. The van der Waals surface area contributed by atoms with Gasteiger partial charge >= 0.3 is 0 Å². The van der Waals surface area contributed by atoms with Crippen molar-refractivity contribution in [3.05, 3.63) is 11.0 Å². The van der Waals surface area contributed by atoms with Crippen LogP contribution in [0.25, 0.3) is 0 Å². The number of rotatable bonds is 4. The second-order valence-electron chi connectivity index (χ2n) is 7.78. The molecule has 3 heteroatoms. The minimum atomic E-state index is 0.556. The standard InChI is InChI=1S/C10H16S.C6H10NP.C6H14.C2H6/c1-11-10-6-4-9(5-7-10)8-2-3-8;1-5-4-8-6(2)3-7-5;1-4-6(3)5-2;1-2/h6,8-9H,2-5,7H2,1H3;3,5H,4H2,1-2H3;6H,4-5H2,1-3H3;1-2H3. The molecule has 0 aromatic heterocycles. The smallest absolute Gasteiger partial charge is 0.0547 e. The fraction of sp³-hybridized carbons (Fsp3) is 0.833. The third-order valence-corrected chi connectivity index (χ3v) is 7.70. The van der Waals surface area contributed by atoms with Crippen molar-refractivity contribution in [1.29, 1.82) is 0 Å². The van der Waals surface area contributed by atoms with Crippen molar-refractivity contribution in [2.75, 3.05) is 12.4 Å². The first-order valence-corrected chi connectivity index (χ1v) is 13.6. The van der Waals surface area contributed by atoms with Gasteiger partial charge in [0.1, 0.15) is 0 Å². The van der Waals surface area contributed by atoms with Gasteiger partial charge in [-0.25, -0.2) is 0 Å². The zero-order chi connectivity index (χ0) is 20.7. The molecule has 0 aromatic carbocycles. The Morgan fingerprint density at radius 3 is 2.07 bits per heavy atom. The minimum absolute atomic E-state index is 0.556. The van der Waals surface area contributed by atoms with E-state index < -0.39 is 0 Å². The fourth-order valence-electron chi connectivity index (χ4n) is 2.90. The van der Waals surface area contributed by atoms with Crippen LogP contribution in [-0.2, 0) is 0 Å². The lowest BCUT2D eigenvalue weighted by atomic mass is 9.90.